The lowest BCUT2D eigenvalue weighted by Crippen LogP contribution is -2.28. The van der Waals surface area contributed by atoms with Crippen molar-refractivity contribution in [1.29, 1.82) is 5.26 Å². The maximum atomic E-state index is 13.6. The normalized spacial score (nSPS) is 16.9. The van der Waals surface area contributed by atoms with Crippen molar-refractivity contribution >= 4 is 34.0 Å². The predicted molar refractivity (Wildman–Crippen MR) is 90.3 cm³/mol. The van der Waals surface area contributed by atoms with Crippen molar-refractivity contribution in [3.63, 3.8) is 0 Å². The molecule has 1 aliphatic heterocycles. The van der Waals surface area contributed by atoms with Gasteiger partial charge in [0.05, 0.1) is 6.04 Å². The van der Waals surface area contributed by atoms with E-state index in [0.29, 0.717) is 30.1 Å². The van der Waals surface area contributed by atoms with E-state index in [1.165, 1.54) is 19.1 Å². The molecule has 2 aromatic rings. The number of halogens is 2. The highest BCUT2D eigenvalue weighted by Gasteiger charge is 2.25. The SMILES string of the molecule is CC(=O)N1CCC(Nc2snc(Cl)c2C#N)c2ccc(F)cc2C1. The second kappa shape index (κ2) is 6.75. The summed E-state index contributed by atoms with van der Waals surface area (Å²) in [5, 5.41) is 13.2. The van der Waals surface area contributed by atoms with Crippen LogP contribution in [0.4, 0.5) is 9.39 Å². The minimum absolute atomic E-state index is 0.0515. The molecule has 1 atom stereocenters. The van der Waals surface area contributed by atoms with Gasteiger partial charge < -0.3 is 10.2 Å². The summed E-state index contributed by atoms with van der Waals surface area (Å²) in [6.45, 7) is 2.41. The maximum absolute atomic E-state index is 13.6. The zero-order chi connectivity index (χ0) is 17.3. The Bertz CT molecular complexity index is 832. The third kappa shape index (κ3) is 3.21. The van der Waals surface area contributed by atoms with Gasteiger partial charge in [-0.3, -0.25) is 4.79 Å². The smallest absolute Gasteiger partial charge is 0.219 e. The Morgan fingerprint density at radius 1 is 1.58 bits per heavy atom. The average Bonchev–Trinajstić information content (AvgIpc) is 2.78. The number of hydrogen-bond acceptors (Lipinski definition) is 5. The number of nitriles is 1. The second-order valence-electron chi connectivity index (χ2n) is 5.56. The van der Waals surface area contributed by atoms with Crippen LogP contribution in [0.15, 0.2) is 18.2 Å². The second-order valence-corrected chi connectivity index (χ2v) is 6.69. The van der Waals surface area contributed by atoms with E-state index in [0.717, 1.165) is 22.7 Å². The van der Waals surface area contributed by atoms with Crippen molar-refractivity contribution in [1.82, 2.24) is 9.27 Å². The summed E-state index contributed by atoms with van der Waals surface area (Å²) in [6, 6.07) is 6.46. The fourth-order valence-corrected chi connectivity index (χ4v) is 3.81. The number of hydrogen-bond donors (Lipinski definition) is 1. The number of nitrogens with one attached hydrogen (secondary N) is 1. The quantitative estimate of drug-likeness (QED) is 0.881. The first kappa shape index (κ1) is 16.7. The Morgan fingerprint density at radius 3 is 3.08 bits per heavy atom. The molecule has 0 saturated heterocycles. The number of fused-ring (bicyclic) bond motifs is 1. The number of nitrogens with zero attached hydrogens (tertiary/aromatic N) is 3. The van der Waals surface area contributed by atoms with Gasteiger partial charge in [-0.25, -0.2) is 4.39 Å². The Balaban J connectivity index is 1.97. The van der Waals surface area contributed by atoms with Gasteiger partial charge in [-0.1, -0.05) is 17.7 Å². The van der Waals surface area contributed by atoms with E-state index in [9.17, 15) is 14.4 Å². The molecule has 0 aliphatic carbocycles. The van der Waals surface area contributed by atoms with Crippen LogP contribution in [0.5, 0.6) is 0 Å². The summed E-state index contributed by atoms with van der Waals surface area (Å²) in [5.41, 5.74) is 1.97. The first-order valence-electron chi connectivity index (χ1n) is 7.35. The lowest BCUT2D eigenvalue weighted by Gasteiger charge is -2.19. The number of anilines is 1. The number of amides is 1. The van der Waals surface area contributed by atoms with Crippen LogP contribution >= 0.6 is 23.1 Å². The number of carbonyl (C=O) groups is 1. The molecule has 1 aromatic carbocycles. The molecule has 1 amide bonds. The summed E-state index contributed by atoms with van der Waals surface area (Å²) >= 11 is 7.03. The van der Waals surface area contributed by atoms with E-state index < -0.39 is 0 Å². The van der Waals surface area contributed by atoms with E-state index in [-0.39, 0.29) is 22.9 Å². The van der Waals surface area contributed by atoms with Crippen molar-refractivity contribution in [2.45, 2.75) is 25.9 Å². The van der Waals surface area contributed by atoms with E-state index in [4.69, 9.17) is 11.6 Å². The fourth-order valence-electron chi connectivity index (χ4n) is 2.82. The number of rotatable bonds is 2. The molecular formula is C16H14ClFN4OS. The summed E-state index contributed by atoms with van der Waals surface area (Å²) in [5.74, 6) is -0.388. The number of carbonyl (C=O) groups excluding carboxylic acids is 1. The molecule has 1 aromatic heterocycles. The largest absolute Gasteiger partial charge is 0.368 e. The van der Waals surface area contributed by atoms with E-state index >= 15 is 0 Å². The van der Waals surface area contributed by atoms with Gasteiger partial charge in [-0.05, 0) is 41.2 Å². The molecule has 1 N–H and O–H groups in total. The van der Waals surface area contributed by atoms with Gasteiger partial charge in [-0.2, -0.15) is 9.64 Å². The molecule has 24 heavy (non-hydrogen) atoms. The number of aromatic nitrogens is 1. The molecule has 5 nitrogen and oxygen atoms in total. The minimum atomic E-state index is -0.337. The molecule has 0 spiro atoms. The standard InChI is InChI=1S/C16H14ClFN4OS/c1-9(23)22-5-4-14(12-3-2-11(18)6-10(12)8-22)20-16-13(7-19)15(17)21-24-16/h2-3,6,14,20H,4-5,8H2,1H3. The molecule has 1 unspecified atom stereocenters. The first-order valence-corrected chi connectivity index (χ1v) is 8.50. The van der Waals surface area contributed by atoms with Gasteiger partial charge in [0.25, 0.3) is 0 Å². The van der Waals surface area contributed by atoms with Gasteiger partial charge in [0, 0.05) is 20.0 Å². The van der Waals surface area contributed by atoms with Crippen LogP contribution in [0.3, 0.4) is 0 Å². The van der Waals surface area contributed by atoms with Crippen molar-refractivity contribution in [2.24, 2.45) is 0 Å². The first-order chi connectivity index (χ1) is 11.5. The van der Waals surface area contributed by atoms with Gasteiger partial charge in [0.1, 0.15) is 22.5 Å². The summed E-state index contributed by atoms with van der Waals surface area (Å²) in [4.78, 5) is 13.4. The van der Waals surface area contributed by atoms with Gasteiger partial charge >= 0.3 is 0 Å². The monoisotopic (exact) mass is 364 g/mol. The molecule has 124 valence electrons. The highest BCUT2D eigenvalue weighted by molar-refractivity contribution is 7.10. The van der Waals surface area contributed by atoms with E-state index in [1.54, 1.807) is 11.0 Å². The Labute approximate surface area is 147 Å². The Morgan fingerprint density at radius 2 is 2.38 bits per heavy atom. The van der Waals surface area contributed by atoms with Crippen LogP contribution in [0.2, 0.25) is 5.15 Å². The van der Waals surface area contributed by atoms with Crippen LogP contribution in [-0.2, 0) is 11.3 Å². The van der Waals surface area contributed by atoms with Crippen molar-refractivity contribution < 1.29 is 9.18 Å². The Kier molecular flexibility index (Phi) is 4.69. The van der Waals surface area contributed by atoms with Crippen molar-refractivity contribution in [3.05, 3.63) is 45.9 Å². The summed E-state index contributed by atoms with van der Waals surface area (Å²) < 4.78 is 17.6. The topological polar surface area (TPSA) is 69.0 Å². The molecule has 0 radical (unpaired) electrons. The highest BCUT2D eigenvalue weighted by Crippen LogP contribution is 2.35. The molecule has 2 heterocycles. The van der Waals surface area contributed by atoms with Crippen LogP contribution < -0.4 is 5.32 Å². The van der Waals surface area contributed by atoms with Gasteiger partial charge in [-0.15, -0.1) is 0 Å². The molecule has 1 aliphatic rings. The highest BCUT2D eigenvalue weighted by atomic mass is 35.5. The molecule has 8 heteroatoms. The minimum Gasteiger partial charge on any atom is -0.368 e. The van der Waals surface area contributed by atoms with Gasteiger partial charge in [0.2, 0.25) is 5.91 Å². The van der Waals surface area contributed by atoms with E-state index in [2.05, 4.69) is 9.69 Å². The number of benzene rings is 1. The third-order valence-electron chi connectivity index (χ3n) is 4.04. The predicted octanol–water partition coefficient (Wildman–Crippen LogP) is 3.71. The molecule has 0 bridgehead atoms. The molecule has 0 saturated carbocycles. The maximum Gasteiger partial charge on any atom is 0.219 e. The Hall–Kier alpha value is -2.17. The summed E-state index contributed by atoms with van der Waals surface area (Å²) in [6.07, 6.45) is 0.638. The van der Waals surface area contributed by atoms with Crippen molar-refractivity contribution in [3.8, 4) is 6.07 Å². The lowest BCUT2D eigenvalue weighted by atomic mass is 9.99. The zero-order valence-electron chi connectivity index (χ0n) is 12.8. The summed E-state index contributed by atoms with van der Waals surface area (Å²) in [7, 11) is 0. The van der Waals surface area contributed by atoms with Gasteiger partial charge in [0.15, 0.2) is 5.15 Å². The van der Waals surface area contributed by atoms with Crippen molar-refractivity contribution in [2.75, 3.05) is 11.9 Å². The van der Waals surface area contributed by atoms with Crippen LogP contribution in [0.1, 0.15) is 36.1 Å². The average molecular weight is 365 g/mol. The van der Waals surface area contributed by atoms with E-state index in [1.807, 2.05) is 6.07 Å². The molecule has 3 rings (SSSR count). The third-order valence-corrected chi connectivity index (χ3v) is 5.19. The zero-order valence-corrected chi connectivity index (χ0v) is 14.4. The lowest BCUT2D eigenvalue weighted by molar-refractivity contribution is -0.129. The van der Waals surface area contributed by atoms with Crippen LogP contribution in [0.25, 0.3) is 0 Å². The molecular weight excluding hydrogens is 351 g/mol. The van der Waals surface area contributed by atoms with Crippen LogP contribution in [-0.4, -0.2) is 21.7 Å². The van der Waals surface area contributed by atoms with Crippen LogP contribution in [0, 0.1) is 17.1 Å². The fraction of sp³-hybridized carbons (Fsp3) is 0.312. The molecule has 0 fully saturated rings.